The number of carbonyl (C=O) groups excluding carboxylic acids is 1. The molecule has 0 bridgehead atoms. The SMILES string of the molecule is CN(C)c1cccc(NC(=O)c2ccc(Br)c(Cl)c2)c1. The maximum Gasteiger partial charge on any atom is 0.255 e. The van der Waals surface area contributed by atoms with E-state index in [1.165, 1.54) is 0 Å². The molecule has 0 aromatic heterocycles. The normalized spacial score (nSPS) is 10.2. The van der Waals surface area contributed by atoms with Crippen molar-refractivity contribution in [2.45, 2.75) is 0 Å². The number of benzene rings is 2. The molecule has 0 atom stereocenters. The number of carbonyl (C=O) groups is 1. The predicted octanol–water partition coefficient (Wildman–Crippen LogP) is 4.42. The Morgan fingerprint density at radius 1 is 1.20 bits per heavy atom. The van der Waals surface area contributed by atoms with E-state index in [2.05, 4.69) is 21.2 Å². The van der Waals surface area contributed by atoms with Crippen molar-refractivity contribution in [2.75, 3.05) is 24.3 Å². The lowest BCUT2D eigenvalue weighted by Gasteiger charge is -2.14. The topological polar surface area (TPSA) is 32.3 Å². The number of rotatable bonds is 3. The van der Waals surface area contributed by atoms with Gasteiger partial charge in [-0.05, 0) is 52.3 Å². The summed E-state index contributed by atoms with van der Waals surface area (Å²) in [5.41, 5.74) is 2.30. The molecule has 0 saturated heterocycles. The number of nitrogens with one attached hydrogen (secondary N) is 1. The van der Waals surface area contributed by atoms with Crippen LogP contribution in [0.2, 0.25) is 5.02 Å². The number of halogens is 2. The fourth-order valence-electron chi connectivity index (χ4n) is 1.70. The number of hydrogen-bond acceptors (Lipinski definition) is 2. The molecular formula is C15H14BrClN2O. The second kappa shape index (κ2) is 6.29. The predicted molar refractivity (Wildman–Crippen MR) is 87.9 cm³/mol. The van der Waals surface area contributed by atoms with Crippen LogP contribution in [0.4, 0.5) is 11.4 Å². The molecular weight excluding hydrogens is 340 g/mol. The van der Waals surface area contributed by atoms with Gasteiger partial charge in [0.2, 0.25) is 0 Å². The van der Waals surface area contributed by atoms with Crippen LogP contribution in [0.15, 0.2) is 46.9 Å². The quantitative estimate of drug-likeness (QED) is 0.886. The first-order valence-electron chi connectivity index (χ1n) is 6.01. The third-order valence-electron chi connectivity index (χ3n) is 2.80. The van der Waals surface area contributed by atoms with E-state index in [9.17, 15) is 4.79 Å². The maximum atomic E-state index is 12.2. The maximum absolute atomic E-state index is 12.2. The zero-order chi connectivity index (χ0) is 14.7. The zero-order valence-electron chi connectivity index (χ0n) is 11.2. The van der Waals surface area contributed by atoms with E-state index in [-0.39, 0.29) is 5.91 Å². The van der Waals surface area contributed by atoms with Gasteiger partial charge < -0.3 is 10.2 Å². The Morgan fingerprint density at radius 2 is 1.95 bits per heavy atom. The first kappa shape index (κ1) is 14.9. The van der Waals surface area contributed by atoms with Crippen molar-refractivity contribution in [1.82, 2.24) is 0 Å². The molecule has 0 fully saturated rings. The van der Waals surface area contributed by atoms with Crippen LogP contribution in [-0.4, -0.2) is 20.0 Å². The smallest absolute Gasteiger partial charge is 0.255 e. The number of nitrogens with zero attached hydrogens (tertiary/aromatic N) is 1. The summed E-state index contributed by atoms with van der Waals surface area (Å²) in [6.45, 7) is 0. The highest BCUT2D eigenvalue weighted by Crippen LogP contribution is 2.24. The van der Waals surface area contributed by atoms with Gasteiger partial charge in [-0.3, -0.25) is 4.79 Å². The molecule has 1 amide bonds. The monoisotopic (exact) mass is 352 g/mol. The van der Waals surface area contributed by atoms with E-state index in [1.807, 2.05) is 43.3 Å². The Morgan fingerprint density at radius 3 is 2.60 bits per heavy atom. The van der Waals surface area contributed by atoms with Gasteiger partial charge in [0.25, 0.3) is 5.91 Å². The fraction of sp³-hybridized carbons (Fsp3) is 0.133. The molecule has 104 valence electrons. The van der Waals surface area contributed by atoms with E-state index in [0.29, 0.717) is 10.6 Å². The number of hydrogen-bond donors (Lipinski definition) is 1. The highest BCUT2D eigenvalue weighted by atomic mass is 79.9. The lowest BCUT2D eigenvalue weighted by Crippen LogP contribution is -2.13. The van der Waals surface area contributed by atoms with Gasteiger partial charge in [-0.25, -0.2) is 0 Å². The highest BCUT2D eigenvalue weighted by molar-refractivity contribution is 9.10. The second-order valence-electron chi connectivity index (χ2n) is 4.53. The first-order chi connectivity index (χ1) is 9.47. The zero-order valence-corrected chi connectivity index (χ0v) is 13.5. The van der Waals surface area contributed by atoms with Gasteiger partial charge in [0.05, 0.1) is 5.02 Å². The summed E-state index contributed by atoms with van der Waals surface area (Å²) in [6, 6.07) is 12.8. The average molecular weight is 354 g/mol. The summed E-state index contributed by atoms with van der Waals surface area (Å²) >= 11 is 9.30. The summed E-state index contributed by atoms with van der Waals surface area (Å²) in [5, 5.41) is 3.37. The van der Waals surface area contributed by atoms with Gasteiger partial charge in [0.1, 0.15) is 0 Å². The molecule has 0 unspecified atom stereocenters. The van der Waals surface area contributed by atoms with Crippen molar-refractivity contribution >= 4 is 44.8 Å². The van der Waals surface area contributed by atoms with E-state index in [0.717, 1.165) is 15.8 Å². The minimum Gasteiger partial charge on any atom is -0.378 e. The Labute approximate surface area is 131 Å². The van der Waals surface area contributed by atoms with Crippen molar-refractivity contribution in [3.63, 3.8) is 0 Å². The molecule has 3 nitrogen and oxygen atoms in total. The van der Waals surface area contributed by atoms with Crippen LogP contribution in [0.3, 0.4) is 0 Å². The molecule has 0 aliphatic carbocycles. The summed E-state index contributed by atoms with van der Waals surface area (Å²) in [7, 11) is 3.91. The highest BCUT2D eigenvalue weighted by Gasteiger charge is 2.08. The molecule has 2 aromatic rings. The van der Waals surface area contributed by atoms with E-state index in [4.69, 9.17) is 11.6 Å². The van der Waals surface area contributed by atoms with E-state index < -0.39 is 0 Å². The van der Waals surface area contributed by atoms with Gasteiger partial charge in [-0.2, -0.15) is 0 Å². The largest absolute Gasteiger partial charge is 0.378 e. The molecule has 0 aliphatic heterocycles. The summed E-state index contributed by atoms with van der Waals surface area (Å²) in [6.07, 6.45) is 0. The van der Waals surface area contributed by atoms with Crippen LogP contribution in [0.1, 0.15) is 10.4 Å². The first-order valence-corrected chi connectivity index (χ1v) is 7.18. The third kappa shape index (κ3) is 3.52. The lowest BCUT2D eigenvalue weighted by molar-refractivity contribution is 0.102. The van der Waals surface area contributed by atoms with Crippen molar-refractivity contribution in [3.8, 4) is 0 Å². The second-order valence-corrected chi connectivity index (χ2v) is 5.79. The Balaban J connectivity index is 2.19. The Hall–Kier alpha value is -1.52. The average Bonchev–Trinajstić information content (AvgIpc) is 2.42. The molecule has 0 radical (unpaired) electrons. The van der Waals surface area contributed by atoms with Crippen LogP contribution in [0.5, 0.6) is 0 Å². The third-order valence-corrected chi connectivity index (χ3v) is 4.03. The van der Waals surface area contributed by atoms with Crippen LogP contribution in [0, 0.1) is 0 Å². The van der Waals surface area contributed by atoms with Gasteiger partial charge in [0, 0.05) is 35.5 Å². The van der Waals surface area contributed by atoms with Crippen LogP contribution < -0.4 is 10.2 Å². The minimum atomic E-state index is -0.185. The molecule has 2 rings (SSSR count). The Kier molecular flexibility index (Phi) is 4.68. The molecule has 1 N–H and O–H groups in total. The molecule has 0 heterocycles. The Bertz CT molecular complexity index is 644. The van der Waals surface area contributed by atoms with Crippen molar-refractivity contribution < 1.29 is 4.79 Å². The molecule has 20 heavy (non-hydrogen) atoms. The van der Waals surface area contributed by atoms with Crippen LogP contribution in [-0.2, 0) is 0 Å². The lowest BCUT2D eigenvalue weighted by atomic mass is 10.2. The van der Waals surface area contributed by atoms with E-state index >= 15 is 0 Å². The molecule has 0 saturated carbocycles. The van der Waals surface area contributed by atoms with Crippen molar-refractivity contribution in [2.24, 2.45) is 0 Å². The molecule has 2 aromatic carbocycles. The molecule has 0 aliphatic rings. The summed E-state index contributed by atoms with van der Waals surface area (Å²) in [5.74, 6) is -0.185. The number of amides is 1. The molecule has 0 spiro atoms. The van der Waals surface area contributed by atoms with Gasteiger partial charge >= 0.3 is 0 Å². The van der Waals surface area contributed by atoms with Crippen molar-refractivity contribution in [3.05, 3.63) is 57.5 Å². The summed E-state index contributed by atoms with van der Waals surface area (Å²) in [4.78, 5) is 14.1. The van der Waals surface area contributed by atoms with Gasteiger partial charge in [-0.1, -0.05) is 17.7 Å². The van der Waals surface area contributed by atoms with Gasteiger partial charge in [-0.15, -0.1) is 0 Å². The number of anilines is 2. The van der Waals surface area contributed by atoms with E-state index in [1.54, 1.807) is 18.2 Å². The summed E-state index contributed by atoms with van der Waals surface area (Å²) < 4.78 is 0.769. The van der Waals surface area contributed by atoms with Crippen LogP contribution in [0.25, 0.3) is 0 Å². The van der Waals surface area contributed by atoms with Crippen molar-refractivity contribution in [1.29, 1.82) is 0 Å². The standard InChI is InChI=1S/C15H14BrClN2O/c1-19(2)12-5-3-4-11(9-12)18-15(20)10-6-7-13(16)14(17)8-10/h3-9H,1-2H3,(H,18,20). The minimum absolute atomic E-state index is 0.185. The van der Waals surface area contributed by atoms with Crippen LogP contribution >= 0.6 is 27.5 Å². The fourth-order valence-corrected chi connectivity index (χ4v) is 2.13. The molecule has 5 heteroatoms. The van der Waals surface area contributed by atoms with Gasteiger partial charge in [0.15, 0.2) is 0 Å².